The number of benzene rings is 2. The van der Waals surface area contributed by atoms with E-state index in [4.69, 9.17) is 0 Å². The number of nitrogens with one attached hydrogen (secondary N) is 1. The molecule has 3 heteroatoms. The van der Waals surface area contributed by atoms with Crippen molar-refractivity contribution in [2.45, 2.75) is 20.3 Å². The van der Waals surface area contributed by atoms with Crippen molar-refractivity contribution in [2.24, 2.45) is 0 Å². The standard InChI is InChI=1S/C16H17NO2/c1-3-12-6-4-5-7-14(12)17-16(19)13-9-8-11(2)10-15(13)18/h4-10,18H,3H2,1-2H3,(H,17,19). The van der Waals surface area contributed by atoms with Gasteiger partial charge in [-0.15, -0.1) is 0 Å². The molecule has 2 N–H and O–H groups in total. The van der Waals surface area contributed by atoms with Crippen LogP contribution in [0.25, 0.3) is 0 Å². The van der Waals surface area contributed by atoms with Gasteiger partial charge in [-0.1, -0.05) is 31.2 Å². The minimum absolute atomic E-state index is 0.00600. The molecule has 0 aromatic heterocycles. The van der Waals surface area contributed by atoms with Gasteiger partial charge in [-0.05, 0) is 42.7 Å². The van der Waals surface area contributed by atoms with Crippen molar-refractivity contribution in [1.29, 1.82) is 0 Å². The van der Waals surface area contributed by atoms with E-state index >= 15 is 0 Å². The molecule has 0 aliphatic carbocycles. The van der Waals surface area contributed by atoms with Crippen LogP contribution < -0.4 is 5.32 Å². The first-order valence-corrected chi connectivity index (χ1v) is 6.30. The Balaban J connectivity index is 2.26. The molecule has 0 spiro atoms. The molecular formula is C16H17NO2. The number of carbonyl (C=O) groups is 1. The molecule has 0 bridgehead atoms. The lowest BCUT2D eigenvalue weighted by atomic mass is 10.1. The van der Waals surface area contributed by atoms with E-state index in [1.54, 1.807) is 18.2 Å². The van der Waals surface area contributed by atoms with E-state index in [1.165, 1.54) is 0 Å². The smallest absolute Gasteiger partial charge is 0.259 e. The summed E-state index contributed by atoms with van der Waals surface area (Å²) in [5.41, 5.74) is 3.07. The zero-order valence-corrected chi connectivity index (χ0v) is 11.1. The molecule has 0 aliphatic heterocycles. The molecule has 0 atom stereocenters. The van der Waals surface area contributed by atoms with Gasteiger partial charge in [-0.25, -0.2) is 0 Å². The van der Waals surface area contributed by atoms with Crippen LogP contribution in [0.1, 0.15) is 28.4 Å². The quantitative estimate of drug-likeness (QED) is 0.881. The van der Waals surface area contributed by atoms with Crippen LogP contribution in [0.4, 0.5) is 5.69 Å². The number of amides is 1. The van der Waals surface area contributed by atoms with Crippen LogP contribution in [0.15, 0.2) is 42.5 Å². The zero-order chi connectivity index (χ0) is 13.8. The highest BCUT2D eigenvalue weighted by molar-refractivity contribution is 6.06. The molecule has 0 heterocycles. The minimum atomic E-state index is -0.293. The number of carbonyl (C=O) groups excluding carboxylic acids is 1. The normalized spacial score (nSPS) is 10.2. The SMILES string of the molecule is CCc1ccccc1NC(=O)c1ccc(C)cc1O. The Kier molecular flexibility index (Phi) is 3.85. The molecule has 0 radical (unpaired) electrons. The van der Waals surface area contributed by atoms with Gasteiger partial charge in [0.1, 0.15) is 5.75 Å². The molecule has 0 fully saturated rings. The van der Waals surface area contributed by atoms with Crippen LogP contribution in [0.3, 0.4) is 0 Å². The number of phenolic OH excluding ortho intramolecular Hbond substituents is 1. The fourth-order valence-corrected chi connectivity index (χ4v) is 1.97. The summed E-state index contributed by atoms with van der Waals surface area (Å²) < 4.78 is 0. The lowest BCUT2D eigenvalue weighted by molar-refractivity contribution is 0.102. The molecule has 98 valence electrons. The molecule has 0 saturated carbocycles. The summed E-state index contributed by atoms with van der Waals surface area (Å²) in [4.78, 5) is 12.1. The molecule has 0 aliphatic rings. The number of phenols is 1. The molecule has 3 nitrogen and oxygen atoms in total. The third-order valence-electron chi connectivity index (χ3n) is 3.04. The maximum Gasteiger partial charge on any atom is 0.259 e. The van der Waals surface area contributed by atoms with E-state index in [2.05, 4.69) is 5.32 Å². The van der Waals surface area contributed by atoms with Crippen molar-refractivity contribution < 1.29 is 9.90 Å². The van der Waals surface area contributed by atoms with Gasteiger partial charge < -0.3 is 10.4 Å². The van der Waals surface area contributed by atoms with Gasteiger partial charge in [0.05, 0.1) is 5.56 Å². The number of aromatic hydroxyl groups is 1. The van der Waals surface area contributed by atoms with Gasteiger partial charge >= 0.3 is 0 Å². The van der Waals surface area contributed by atoms with E-state index in [0.29, 0.717) is 0 Å². The second kappa shape index (κ2) is 5.57. The van der Waals surface area contributed by atoms with Gasteiger partial charge in [-0.3, -0.25) is 4.79 Å². The first-order valence-electron chi connectivity index (χ1n) is 6.30. The predicted octanol–water partition coefficient (Wildman–Crippen LogP) is 3.52. The van der Waals surface area contributed by atoms with Crippen LogP contribution >= 0.6 is 0 Å². The Labute approximate surface area is 112 Å². The molecule has 2 aromatic rings. The summed E-state index contributed by atoms with van der Waals surface area (Å²) in [7, 11) is 0. The van der Waals surface area contributed by atoms with E-state index < -0.39 is 0 Å². The summed E-state index contributed by atoms with van der Waals surface area (Å²) in [5.74, 6) is -0.287. The first-order chi connectivity index (χ1) is 9.11. The van der Waals surface area contributed by atoms with Gasteiger partial charge in [0.15, 0.2) is 0 Å². The molecule has 19 heavy (non-hydrogen) atoms. The maximum atomic E-state index is 12.1. The van der Waals surface area contributed by atoms with Crippen LogP contribution in [0, 0.1) is 6.92 Å². The first kappa shape index (κ1) is 13.1. The molecule has 0 unspecified atom stereocenters. The van der Waals surface area contributed by atoms with Crippen molar-refractivity contribution in [3.63, 3.8) is 0 Å². The van der Waals surface area contributed by atoms with Crippen molar-refractivity contribution >= 4 is 11.6 Å². The Hall–Kier alpha value is -2.29. The highest BCUT2D eigenvalue weighted by atomic mass is 16.3. The molecule has 2 aromatic carbocycles. The highest BCUT2D eigenvalue weighted by Crippen LogP contribution is 2.21. The van der Waals surface area contributed by atoms with Gasteiger partial charge in [0.2, 0.25) is 0 Å². The second-order valence-corrected chi connectivity index (χ2v) is 4.49. The summed E-state index contributed by atoms with van der Waals surface area (Å²) in [6.45, 7) is 3.90. The van der Waals surface area contributed by atoms with Crippen molar-refractivity contribution in [2.75, 3.05) is 5.32 Å². The number of hydrogen-bond donors (Lipinski definition) is 2. The second-order valence-electron chi connectivity index (χ2n) is 4.49. The summed E-state index contributed by atoms with van der Waals surface area (Å²) in [5, 5.41) is 12.6. The third-order valence-corrected chi connectivity index (χ3v) is 3.04. The summed E-state index contributed by atoms with van der Waals surface area (Å²) >= 11 is 0. The summed E-state index contributed by atoms with van der Waals surface area (Å²) in [6.07, 6.45) is 0.844. The van der Waals surface area contributed by atoms with Crippen LogP contribution in [-0.2, 0) is 6.42 Å². The number of hydrogen-bond acceptors (Lipinski definition) is 2. The number of para-hydroxylation sites is 1. The van der Waals surface area contributed by atoms with Crippen LogP contribution in [0.2, 0.25) is 0 Å². The Morgan fingerprint density at radius 1 is 1.21 bits per heavy atom. The van der Waals surface area contributed by atoms with Crippen LogP contribution in [0.5, 0.6) is 5.75 Å². The maximum absolute atomic E-state index is 12.1. The van der Waals surface area contributed by atoms with Crippen molar-refractivity contribution in [3.8, 4) is 5.75 Å². The van der Waals surface area contributed by atoms with E-state index in [-0.39, 0.29) is 17.2 Å². The third kappa shape index (κ3) is 2.94. The fraction of sp³-hybridized carbons (Fsp3) is 0.188. The monoisotopic (exact) mass is 255 g/mol. The minimum Gasteiger partial charge on any atom is -0.507 e. The number of anilines is 1. The fourth-order valence-electron chi connectivity index (χ4n) is 1.97. The molecule has 0 saturated heterocycles. The average molecular weight is 255 g/mol. The van der Waals surface area contributed by atoms with E-state index in [9.17, 15) is 9.90 Å². The Morgan fingerprint density at radius 3 is 2.63 bits per heavy atom. The molecule has 2 rings (SSSR count). The van der Waals surface area contributed by atoms with Crippen molar-refractivity contribution in [1.82, 2.24) is 0 Å². The Morgan fingerprint density at radius 2 is 1.95 bits per heavy atom. The lowest BCUT2D eigenvalue weighted by Crippen LogP contribution is -2.13. The van der Waals surface area contributed by atoms with E-state index in [0.717, 1.165) is 23.2 Å². The molecule has 1 amide bonds. The van der Waals surface area contributed by atoms with Gasteiger partial charge in [0, 0.05) is 5.69 Å². The Bertz CT molecular complexity index is 605. The van der Waals surface area contributed by atoms with E-state index in [1.807, 2.05) is 38.1 Å². The summed E-state index contributed by atoms with van der Waals surface area (Å²) in [6, 6.07) is 12.7. The average Bonchev–Trinajstić information content (AvgIpc) is 2.39. The predicted molar refractivity (Wildman–Crippen MR) is 76.6 cm³/mol. The topological polar surface area (TPSA) is 49.3 Å². The highest BCUT2D eigenvalue weighted by Gasteiger charge is 2.12. The van der Waals surface area contributed by atoms with Crippen molar-refractivity contribution in [3.05, 3.63) is 59.2 Å². The number of aryl methyl sites for hydroxylation is 2. The lowest BCUT2D eigenvalue weighted by Gasteiger charge is -2.10. The van der Waals surface area contributed by atoms with Crippen LogP contribution in [-0.4, -0.2) is 11.0 Å². The van der Waals surface area contributed by atoms with Gasteiger partial charge in [-0.2, -0.15) is 0 Å². The zero-order valence-electron chi connectivity index (χ0n) is 11.1. The van der Waals surface area contributed by atoms with Gasteiger partial charge in [0.25, 0.3) is 5.91 Å². The largest absolute Gasteiger partial charge is 0.507 e. The number of rotatable bonds is 3. The molecular weight excluding hydrogens is 238 g/mol.